The first kappa shape index (κ1) is 8.62. The summed E-state index contributed by atoms with van der Waals surface area (Å²) in [6, 6.07) is 0. The highest BCUT2D eigenvalue weighted by Gasteiger charge is 2.26. The molecule has 1 saturated carbocycles. The van der Waals surface area contributed by atoms with E-state index in [4.69, 9.17) is 6.42 Å². The number of aliphatic hydroxyl groups is 1. The highest BCUT2D eigenvalue weighted by atomic mass is 16.3. The number of hydrogen-bond donors (Lipinski definition) is 1. The monoisotopic (exact) mass is 152 g/mol. The van der Waals surface area contributed by atoms with Crippen LogP contribution in [-0.4, -0.2) is 11.2 Å². The van der Waals surface area contributed by atoms with Gasteiger partial charge >= 0.3 is 0 Å². The lowest BCUT2D eigenvalue weighted by Crippen LogP contribution is -2.27. The Labute approximate surface area is 68.8 Å². The van der Waals surface area contributed by atoms with Crippen molar-refractivity contribution < 1.29 is 5.11 Å². The number of hydrogen-bond acceptors (Lipinski definition) is 1. The minimum Gasteiger partial charge on any atom is -0.380 e. The van der Waals surface area contributed by atoms with Crippen molar-refractivity contribution in [1.82, 2.24) is 0 Å². The molecule has 1 nitrogen and oxygen atoms in total. The van der Waals surface area contributed by atoms with Gasteiger partial charge in [0, 0.05) is 0 Å². The second-order valence-corrected chi connectivity index (χ2v) is 3.54. The van der Waals surface area contributed by atoms with E-state index < -0.39 is 6.10 Å². The molecule has 0 amide bonds. The molecule has 0 aliphatic heterocycles. The lowest BCUT2D eigenvalue weighted by atomic mass is 9.77. The summed E-state index contributed by atoms with van der Waals surface area (Å²) >= 11 is 0. The zero-order valence-electron chi connectivity index (χ0n) is 7.09. The van der Waals surface area contributed by atoms with Crippen molar-refractivity contribution in [3.8, 4) is 12.3 Å². The van der Waals surface area contributed by atoms with E-state index in [9.17, 15) is 5.11 Å². The van der Waals surface area contributed by atoms with Gasteiger partial charge in [0.25, 0.3) is 0 Å². The third-order valence-electron chi connectivity index (χ3n) is 2.75. The first-order valence-corrected chi connectivity index (χ1v) is 4.40. The number of terminal acetylenes is 1. The Morgan fingerprint density at radius 2 is 2.09 bits per heavy atom. The predicted molar refractivity (Wildman–Crippen MR) is 46.0 cm³/mol. The Hall–Kier alpha value is -0.480. The normalized spacial score (nSPS) is 34.3. The van der Waals surface area contributed by atoms with Crippen LogP contribution in [0.2, 0.25) is 0 Å². The third kappa shape index (κ3) is 1.97. The average Bonchev–Trinajstić information content (AvgIpc) is 2.04. The number of aliphatic hydroxyl groups excluding tert-OH is 1. The molecule has 11 heavy (non-hydrogen) atoms. The van der Waals surface area contributed by atoms with E-state index in [0.29, 0.717) is 11.8 Å². The van der Waals surface area contributed by atoms with Gasteiger partial charge in [-0.05, 0) is 18.3 Å². The summed E-state index contributed by atoms with van der Waals surface area (Å²) in [4.78, 5) is 0. The quantitative estimate of drug-likeness (QED) is 0.568. The molecule has 0 bridgehead atoms. The minimum atomic E-state index is -0.509. The van der Waals surface area contributed by atoms with Crippen LogP contribution in [0.25, 0.3) is 0 Å². The fourth-order valence-corrected chi connectivity index (χ4v) is 1.94. The van der Waals surface area contributed by atoms with Gasteiger partial charge < -0.3 is 5.11 Å². The van der Waals surface area contributed by atoms with Crippen LogP contribution in [0.15, 0.2) is 0 Å². The van der Waals surface area contributed by atoms with Crippen LogP contribution in [0.5, 0.6) is 0 Å². The van der Waals surface area contributed by atoms with E-state index in [1.807, 2.05) is 0 Å². The Morgan fingerprint density at radius 3 is 2.64 bits per heavy atom. The van der Waals surface area contributed by atoms with Crippen molar-refractivity contribution >= 4 is 0 Å². The van der Waals surface area contributed by atoms with E-state index in [-0.39, 0.29) is 0 Å². The highest BCUT2D eigenvalue weighted by molar-refractivity contribution is 4.98. The molecule has 3 atom stereocenters. The second-order valence-electron chi connectivity index (χ2n) is 3.54. The minimum absolute atomic E-state index is 0.355. The maximum atomic E-state index is 9.42. The molecule has 1 fully saturated rings. The molecular weight excluding hydrogens is 136 g/mol. The van der Waals surface area contributed by atoms with Crippen LogP contribution in [-0.2, 0) is 0 Å². The third-order valence-corrected chi connectivity index (χ3v) is 2.75. The molecule has 0 aromatic carbocycles. The Morgan fingerprint density at radius 1 is 1.45 bits per heavy atom. The molecule has 1 N–H and O–H groups in total. The van der Waals surface area contributed by atoms with Gasteiger partial charge in [-0.25, -0.2) is 0 Å². The Kier molecular flexibility index (Phi) is 2.96. The maximum Gasteiger partial charge on any atom is 0.117 e. The lowest BCUT2D eigenvalue weighted by Gasteiger charge is -2.30. The fraction of sp³-hybridized carbons (Fsp3) is 0.800. The van der Waals surface area contributed by atoms with Crippen molar-refractivity contribution in [2.24, 2.45) is 11.8 Å². The van der Waals surface area contributed by atoms with Crippen LogP contribution in [0, 0.1) is 24.2 Å². The second kappa shape index (κ2) is 3.78. The van der Waals surface area contributed by atoms with E-state index >= 15 is 0 Å². The lowest BCUT2D eigenvalue weighted by molar-refractivity contribution is 0.0955. The molecule has 3 unspecified atom stereocenters. The van der Waals surface area contributed by atoms with Gasteiger partial charge in [-0.1, -0.05) is 32.1 Å². The topological polar surface area (TPSA) is 20.2 Å². The summed E-state index contributed by atoms with van der Waals surface area (Å²) in [6.07, 6.45) is 9.52. The molecule has 1 rings (SSSR count). The summed E-state index contributed by atoms with van der Waals surface area (Å²) in [7, 11) is 0. The zero-order valence-corrected chi connectivity index (χ0v) is 7.09. The standard InChI is InChI=1S/C10H16O/c1-3-10(11)9-7-5-4-6-8(9)2/h1,8-11H,4-7H2,2H3. The molecule has 62 valence electrons. The van der Waals surface area contributed by atoms with Crippen LogP contribution < -0.4 is 0 Å². The Balaban J connectivity index is 2.48. The van der Waals surface area contributed by atoms with Gasteiger partial charge in [0.1, 0.15) is 6.10 Å². The summed E-state index contributed by atoms with van der Waals surface area (Å²) in [5.74, 6) is 3.38. The first-order chi connectivity index (χ1) is 5.25. The van der Waals surface area contributed by atoms with E-state index in [2.05, 4.69) is 12.8 Å². The van der Waals surface area contributed by atoms with Crippen molar-refractivity contribution in [3.63, 3.8) is 0 Å². The smallest absolute Gasteiger partial charge is 0.117 e. The summed E-state index contributed by atoms with van der Waals surface area (Å²) in [6.45, 7) is 2.18. The molecule has 1 aliphatic carbocycles. The first-order valence-electron chi connectivity index (χ1n) is 4.40. The van der Waals surface area contributed by atoms with Crippen molar-refractivity contribution in [2.45, 2.75) is 38.7 Å². The SMILES string of the molecule is C#CC(O)C1CCCCC1C. The van der Waals surface area contributed by atoms with E-state index in [1.165, 1.54) is 19.3 Å². The van der Waals surface area contributed by atoms with Gasteiger partial charge in [0.05, 0.1) is 0 Å². The molecule has 1 aliphatic rings. The molecule has 0 heterocycles. The molecule has 0 aromatic heterocycles. The van der Waals surface area contributed by atoms with Gasteiger partial charge in [-0.15, -0.1) is 6.42 Å². The molecule has 0 aromatic rings. The highest BCUT2D eigenvalue weighted by Crippen LogP contribution is 2.31. The van der Waals surface area contributed by atoms with Crippen LogP contribution in [0.4, 0.5) is 0 Å². The van der Waals surface area contributed by atoms with Gasteiger partial charge in [-0.2, -0.15) is 0 Å². The molecule has 0 radical (unpaired) electrons. The molecule has 0 saturated heterocycles. The average molecular weight is 152 g/mol. The molecule has 0 spiro atoms. The summed E-state index contributed by atoms with van der Waals surface area (Å²) in [5, 5.41) is 9.42. The van der Waals surface area contributed by atoms with Gasteiger partial charge in [-0.3, -0.25) is 0 Å². The van der Waals surface area contributed by atoms with Crippen molar-refractivity contribution in [1.29, 1.82) is 0 Å². The fourth-order valence-electron chi connectivity index (χ4n) is 1.94. The van der Waals surface area contributed by atoms with Crippen LogP contribution in [0.3, 0.4) is 0 Å². The van der Waals surface area contributed by atoms with E-state index in [1.54, 1.807) is 0 Å². The summed E-state index contributed by atoms with van der Waals surface area (Å²) in [5.41, 5.74) is 0. The Bertz CT molecular complexity index is 157. The maximum absolute atomic E-state index is 9.42. The van der Waals surface area contributed by atoms with Gasteiger partial charge in [0.2, 0.25) is 0 Å². The molecule has 1 heteroatoms. The van der Waals surface area contributed by atoms with E-state index in [0.717, 1.165) is 6.42 Å². The molecular formula is C10H16O. The van der Waals surface area contributed by atoms with Crippen molar-refractivity contribution in [3.05, 3.63) is 0 Å². The van der Waals surface area contributed by atoms with Crippen LogP contribution in [0.1, 0.15) is 32.6 Å². The van der Waals surface area contributed by atoms with Crippen LogP contribution >= 0.6 is 0 Å². The summed E-state index contributed by atoms with van der Waals surface area (Å²) < 4.78 is 0. The largest absolute Gasteiger partial charge is 0.380 e. The van der Waals surface area contributed by atoms with Crippen molar-refractivity contribution in [2.75, 3.05) is 0 Å². The van der Waals surface area contributed by atoms with Gasteiger partial charge in [0.15, 0.2) is 0 Å². The number of rotatable bonds is 1. The predicted octanol–water partition coefficient (Wildman–Crippen LogP) is 1.81. The zero-order chi connectivity index (χ0) is 8.27.